The van der Waals surface area contributed by atoms with Crippen molar-refractivity contribution in [2.24, 2.45) is 0 Å². The summed E-state index contributed by atoms with van der Waals surface area (Å²) < 4.78 is 5.81. The van der Waals surface area contributed by atoms with Crippen LogP contribution in [-0.2, 0) is 9.59 Å². The van der Waals surface area contributed by atoms with Gasteiger partial charge in [-0.25, -0.2) is 4.98 Å². The number of hydrogen-bond acceptors (Lipinski definition) is 4. The van der Waals surface area contributed by atoms with Gasteiger partial charge in [0, 0.05) is 12.7 Å². The minimum atomic E-state index is -1.64. The van der Waals surface area contributed by atoms with Gasteiger partial charge in [0.2, 0.25) is 0 Å². The first kappa shape index (κ1) is 16.0. The van der Waals surface area contributed by atoms with E-state index in [9.17, 15) is 9.59 Å². The van der Waals surface area contributed by atoms with Crippen LogP contribution in [-0.4, -0.2) is 28.9 Å². The molecular formula is C18H19N3O3. The Morgan fingerprint density at radius 3 is 2.75 bits per heavy atom. The number of pyridine rings is 1. The third-order valence-corrected chi connectivity index (χ3v) is 4.11. The lowest BCUT2D eigenvalue weighted by molar-refractivity contribution is -0.145. The maximum Gasteiger partial charge on any atom is 0.280 e. The summed E-state index contributed by atoms with van der Waals surface area (Å²) in [5, 5.41) is 2.70. The Morgan fingerprint density at radius 2 is 2.04 bits per heavy atom. The van der Waals surface area contributed by atoms with Crippen molar-refractivity contribution in [1.82, 2.24) is 4.98 Å². The van der Waals surface area contributed by atoms with Crippen LogP contribution in [0.1, 0.15) is 19.4 Å². The maximum atomic E-state index is 12.9. The maximum absolute atomic E-state index is 12.9. The Hall–Kier alpha value is -2.89. The van der Waals surface area contributed by atoms with Crippen LogP contribution in [0.3, 0.4) is 0 Å². The number of benzene rings is 1. The number of aromatic nitrogens is 1. The number of hydrogen-bond donors (Lipinski definition) is 1. The SMILES string of the molecule is CCN1C(=O)C(C)(C(=O)Nc2ncccc2C)Oc2ccccc21. The molecule has 0 saturated heterocycles. The first-order valence-electron chi connectivity index (χ1n) is 7.80. The molecule has 1 atom stereocenters. The average molecular weight is 325 g/mol. The molecule has 0 fully saturated rings. The topological polar surface area (TPSA) is 71.5 Å². The lowest BCUT2D eigenvalue weighted by atomic mass is 10.00. The highest BCUT2D eigenvalue weighted by atomic mass is 16.5. The molecule has 0 saturated carbocycles. The molecule has 124 valence electrons. The van der Waals surface area contributed by atoms with Gasteiger partial charge >= 0.3 is 0 Å². The number of nitrogens with zero attached hydrogens (tertiary/aromatic N) is 2. The Kier molecular flexibility index (Phi) is 3.97. The summed E-state index contributed by atoms with van der Waals surface area (Å²) in [6.07, 6.45) is 1.59. The zero-order valence-corrected chi connectivity index (χ0v) is 13.9. The number of likely N-dealkylation sites (N-methyl/N-ethyl adjacent to an activating group) is 1. The second-order valence-corrected chi connectivity index (χ2v) is 5.78. The molecule has 2 aromatic rings. The Labute approximate surface area is 140 Å². The molecule has 24 heavy (non-hydrogen) atoms. The second-order valence-electron chi connectivity index (χ2n) is 5.78. The number of fused-ring (bicyclic) bond motifs is 1. The van der Waals surface area contributed by atoms with Crippen molar-refractivity contribution < 1.29 is 14.3 Å². The molecule has 2 heterocycles. The number of aryl methyl sites for hydroxylation is 1. The summed E-state index contributed by atoms with van der Waals surface area (Å²) >= 11 is 0. The number of nitrogens with one attached hydrogen (secondary N) is 1. The van der Waals surface area contributed by atoms with E-state index in [0.717, 1.165) is 5.56 Å². The molecule has 0 bridgehead atoms. The molecule has 0 aliphatic carbocycles. The molecule has 1 aliphatic heterocycles. The molecule has 3 rings (SSSR count). The Bertz CT molecular complexity index is 806. The van der Waals surface area contributed by atoms with E-state index < -0.39 is 17.4 Å². The van der Waals surface area contributed by atoms with Crippen molar-refractivity contribution in [2.75, 3.05) is 16.8 Å². The Morgan fingerprint density at radius 1 is 1.29 bits per heavy atom. The van der Waals surface area contributed by atoms with Gasteiger partial charge in [-0.1, -0.05) is 18.2 Å². The molecular weight excluding hydrogens is 306 g/mol. The van der Waals surface area contributed by atoms with Crippen molar-refractivity contribution in [2.45, 2.75) is 26.4 Å². The number of rotatable bonds is 3. The first-order valence-corrected chi connectivity index (χ1v) is 7.80. The summed E-state index contributed by atoms with van der Waals surface area (Å²) in [6, 6.07) is 10.8. The zero-order chi connectivity index (χ0) is 17.3. The van der Waals surface area contributed by atoms with E-state index in [2.05, 4.69) is 10.3 Å². The summed E-state index contributed by atoms with van der Waals surface area (Å²) in [5.74, 6) is -0.00610. The molecule has 6 nitrogen and oxygen atoms in total. The van der Waals surface area contributed by atoms with Gasteiger partial charge < -0.3 is 15.0 Å². The number of ether oxygens (including phenoxy) is 1. The highest BCUT2D eigenvalue weighted by molar-refractivity contribution is 6.19. The van der Waals surface area contributed by atoms with Crippen LogP contribution in [0.25, 0.3) is 0 Å². The van der Waals surface area contributed by atoms with Gasteiger partial charge in [0.1, 0.15) is 11.6 Å². The number of carbonyl (C=O) groups is 2. The molecule has 0 spiro atoms. The van der Waals surface area contributed by atoms with Crippen LogP contribution < -0.4 is 15.0 Å². The molecule has 1 aliphatic rings. The fourth-order valence-corrected chi connectivity index (χ4v) is 2.70. The first-order chi connectivity index (χ1) is 11.5. The number of carbonyl (C=O) groups excluding carboxylic acids is 2. The van der Waals surface area contributed by atoms with Crippen LogP contribution in [0.4, 0.5) is 11.5 Å². The average Bonchev–Trinajstić information content (AvgIpc) is 2.58. The molecule has 0 radical (unpaired) electrons. The second kappa shape index (κ2) is 5.96. The van der Waals surface area contributed by atoms with E-state index in [-0.39, 0.29) is 0 Å². The van der Waals surface area contributed by atoms with Crippen LogP contribution in [0.5, 0.6) is 5.75 Å². The van der Waals surface area contributed by atoms with E-state index in [1.54, 1.807) is 29.3 Å². The van der Waals surface area contributed by atoms with Crippen molar-refractivity contribution in [3.05, 3.63) is 48.2 Å². The van der Waals surface area contributed by atoms with E-state index in [4.69, 9.17) is 4.74 Å². The van der Waals surface area contributed by atoms with Crippen LogP contribution in [0.2, 0.25) is 0 Å². The lowest BCUT2D eigenvalue weighted by Gasteiger charge is -2.39. The van der Waals surface area contributed by atoms with Gasteiger partial charge in [-0.15, -0.1) is 0 Å². The standard InChI is InChI=1S/C18H19N3O3/c1-4-21-13-9-5-6-10-14(13)24-18(3,17(21)23)16(22)20-15-12(2)8-7-11-19-15/h5-11H,4H2,1-3H3,(H,19,20,22). The third-order valence-electron chi connectivity index (χ3n) is 4.11. The summed E-state index contributed by atoms with van der Waals surface area (Å²) in [6.45, 7) is 5.63. The molecule has 1 aromatic carbocycles. The molecule has 1 aromatic heterocycles. The van der Waals surface area contributed by atoms with E-state index in [1.165, 1.54) is 6.92 Å². The Balaban J connectivity index is 1.96. The fourth-order valence-electron chi connectivity index (χ4n) is 2.70. The monoisotopic (exact) mass is 325 g/mol. The van der Waals surface area contributed by atoms with E-state index in [1.807, 2.05) is 32.0 Å². The number of para-hydroxylation sites is 2. The van der Waals surface area contributed by atoms with Gasteiger partial charge in [-0.2, -0.15) is 0 Å². The van der Waals surface area contributed by atoms with Crippen molar-refractivity contribution in [3.8, 4) is 5.75 Å². The highest BCUT2D eigenvalue weighted by Crippen LogP contribution is 2.37. The molecule has 1 N–H and O–H groups in total. The largest absolute Gasteiger partial charge is 0.465 e. The zero-order valence-electron chi connectivity index (χ0n) is 13.9. The quantitative estimate of drug-likeness (QED) is 0.880. The molecule has 1 unspecified atom stereocenters. The van der Waals surface area contributed by atoms with Crippen LogP contribution in [0, 0.1) is 6.92 Å². The highest BCUT2D eigenvalue weighted by Gasteiger charge is 2.50. The van der Waals surface area contributed by atoms with E-state index in [0.29, 0.717) is 23.8 Å². The van der Waals surface area contributed by atoms with Gasteiger partial charge in [-0.3, -0.25) is 9.59 Å². The summed E-state index contributed by atoms with van der Waals surface area (Å²) in [5.41, 5.74) is -0.163. The lowest BCUT2D eigenvalue weighted by Crippen LogP contribution is -2.60. The van der Waals surface area contributed by atoms with Gasteiger partial charge in [0.05, 0.1) is 5.69 Å². The smallest absolute Gasteiger partial charge is 0.280 e. The predicted molar refractivity (Wildman–Crippen MR) is 91.1 cm³/mol. The van der Waals surface area contributed by atoms with Crippen LogP contribution in [0.15, 0.2) is 42.6 Å². The number of anilines is 2. The predicted octanol–water partition coefficient (Wildman–Crippen LogP) is 2.53. The summed E-state index contributed by atoms with van der Waals surface area (Å²) in [4.78, 5) is 31.4. The van der Waals surface area contributed by atoms with Gasteiger partial charge in [-0.05, 0) is 44.5 Å². The van der Waals surface area contributed by atoms with Crippen molar-refractivity contribution >= 4 is 23.3 Å². The van der Waals surface area contributed by atoms with Crippen molar-refractivity contribution in [3.63, 3.8) is 0 Å². The molecule has 2 amide bonds. The van der Waals surface area contributed by atoms with Crippen LogP contribution >= 0.6 is 0 Å². The number of amides is 2. The minimum absolute atomic E-state index is 0.394. The molecule has 6 heteroatoms. The summed E-state index contributed by atoms with van der Waals surface area (Å²) in [7, 11) is 0. The normalized spacial score (nSPS) is 19.5. The van der Waals surface area contributed by atoms with Gasteiger partial charge in [0.15, 0.2) is 0 Å². The third kappa shape index (κ3) is 2.50. The van der Waals surface area contributed by atoms with Crippen molar-refractivity contribution in [1.29, 1.82) is 0 Å². The fraction of sp³-hybridized carbons (Fsp3) is 0.278. The minimum Gasteiger partial charge on any atom is -0.465 e. The van der Waals surface area contributed by atoms with Gasteiger partial charge in [0.25, 0.3) is 17.4 Å². The van der Waals surface area contributed by atoms with E-state index >= 15 is 0 Å².